The Labute approximate surface area is 164 Å². The fourth-order valence-corrected chi connectivity index (χ4v) is 8.09. The van der Waals surface area contributed by atoms with Crippen LogP contribution in [0.15, 0.2) is 11.1 Å². The summed E-state index contributed by atoms with van der Waals surface area (Å²) in [5, 5.41) is 0. The summed E-state index contributed by atoms with van der Waals surface area (Å²) in [7, 11) is 0. The van der Waals surface area contributed by atoms with Crippen molar-refractivity contribution in [2.45, 2.75) is 92.1 Å². The Morgan fingerprint density at radius 3 is 2.37 bits per heavy atom. The largest absolute Gasteiger partial charge is 0.462 e. The lowest BCUT2D eigenvalue weighted by molar-refractivity contribution is -0.149. The van der Waals surface area contributed by atoms with E-state index in [2.05, 4.69) is 20.8 Å². The van der Waals surface area contributed by atoms with E-state index in [4.69, 9.17) is 4.74 Å². The van der Waals surface area contributed by atoms with E-state index in [9.17, 15) is 9.59 Å². The fourth-order valence-electron chi connectivity index (χ4n) is 8.09. The van der Waals surface area contributed by atoms with Crippen molar-refractivity contribution in [3.8, 4) is 0 Å². The molecule has 27 heavy (non-hydrogen) atoms. The van der Waals surface area contributed by atoms with Crippen LogP contribution in [0.3, 0.4) is 0 Å². The van der Waals surface area contributed by atoms with Crippen LogP contribution in [-0.4, -0.2) is 17.9 Å². The molecule has 150 valence electrons. The summed E-state index contributed by atoms with van der Waals surface area (Å²) in [5.74, 6) is 2.71. The Morgan fingerprint density at radius 1 is 0.963 bits per heavy atom. The van der Waals surface area contributed by atoms with E-state index in [-0.39, 0.29) is 28.8 Å². The second-order valence-electron chi connectivity index (χ2n) is 10.5. The molecule has 4 rings (SSSR count). The van der Waals surface area contributed by atoms with E-state index in [1.54, 1.807) is 11.1 Å². The van der Waals surface area contributed by atoms with E-state index < -0.39 is 0 Å². The van der Waals surface area contributed by atoms with Crippen LogP contribution in [0.2, 0.25) is 0 Å². The fraction of sp³-hybridized carbons (Fsp3) is 0.833. The summed E-state index contributed by atoms with van der Waals surface area (Å²) in [6.45, 7) is 10.6. The number of rotatable bonds is 2. The number of fused-ring (bicyclic) bond motifs is 5. The number of carbonyl (C=O) groups is 2. The highest BCUT2D eigenvalue weighted by atomic mass is 16.5. The molecule has 0 bridgehead atoms. The van der Waals surface area contributed by atoms with Crippen LogP contribution < -0.4 is 0 Å². The van der Waals surface area contributed by atoms with Crippen molar-refractivity contribution in [2.24, 2.45) is 34.5 Å². The van der Waals surface area contributed by atoms with Gasteiger partial charge in [-0.25, -0.2) is 0 Å². The van der Waals surface area contributed by atoms with Crippen molar-refractivity contribution < 1.29 is 14.3 Å². The molecule has 7 atom stereocenters. The summed E-state index contributed by atoms with van der Waals surface area (Å²) < 4.78 is 5.58. The van der Waals surface area contributed by atoms with Gasteiger partial charge in [0.15, 0.2) is 0 Å². The van der Waals surface area contributed by atoms with Gasteiger partial charge in [0.2, 0.25) is 0 Å². The summed E-state index contributed by atoms with van der Waals surface area (Å²) in [6, 6.07) is 0. The molecule has 0 aromatic rings. The molecule has 1 unspecified atom stereocenters. The van der Waals surface area contributed by atoms with Gasteiger partial charge in [0, 0.05) is 19.3 Å². The van der Waals surface area contributed by atoms with Gasteiger partial charge in [-0.1, -0.05) is 25.0 Å². The highest BCUT2D eigenvalue weighted by molar-refractivity contribution is 5.79. The first-order valence-electron chi connectivity index (χ1n) is 11.0. The molecular weight excluding hydrogens is 336 g/mol. The van der Waals surface area contributed by atoms with Crippen molar-refractivity contribution in [1.82, 2.24) is 0 Å². The first-order valence-corrected chi connectivity index (χ1v) is 11.0. The molecule has 3 heteroatoms. The Hall–Kier alpha value is -1.12. The number of Topliss-reactive ketones (excluding diaryl/α,β-unsaturated/α-hetero) is 1. The number of ether oxygens (including phenoxy) is 1. The van der Waals surface area contributed by atoms with Gasteiger partial charge in [0.05, 0.1) is 0 Å². The summed E-state index contributed by atoms with van der Waals surface area (Å²) >= 11 is 0. The molecule has 4 aliphatic carbocycles. The molecule has 0 aromatic heterocycles. The van der Waals surface area contributed by atoms with Gasteiger partial charge in [0.1, 0.15) is 11.9 Å². The molecule has 0 N–H and O–H groups in total. The van der Waals surface area contributed by atoms with E-state index in [1.165, 1.54) is 32.6 Å². The lowest BCUT2D eigenvalue weighted by atomic mass is 9.46. The minimum atomic E-state index is -0.148. The molecule has 0 heterocycles. The predicted octanol–water partition coefficient (Wildman–Crippen LogP) is 5.48. The number of allylic oxidation sites excluding steroid dienone is 1. The first-order chi connectivity index (χ1) is 12.7. The SMILES string of the molecule is CC(=O)OC1CC[C@@]2(C)C(=C(C)C[C@H]3[C@@H]4CC[C@H](C(C)=O)[C@@]4(C)CC[C@@H]32)C1. The quantitative estimate of drug-likeness (QED) is 0.476. The molecule has 3 nitrogen and oxygen atoms in total. The monoisotopic (exact) mass is 372 g/mol. The Morgan fingerprint density at radius 2 is 1.70 bits per heavy atom. The number of ketones is 1. The van der Waals surface area contributed by atoms with Gasteiger partial charge in [-0.05, 0) is 87.4 Å². The van der Waals surface area contributed by atoms with Crippen LogP contribution in [0.25, 0.3) is 0 Å². The maximum Gasteiger partial charge on any atom is 0.302 e. The molecular formula is C24H36O3. The summed E-state index contributed by atoms with van der Waals surface area (Å²) in [4.78, 5) is 23.7. The molecule has 3 saturated carbocycles. The van der Waals surface area contributed by atoms with Gasteiger partial charge in [-0.2, -0.15) is 0 Å². The second kappa shape index (κ2) is 6.46. The van der Waals surface area contributed by atoms with Crippen molar-refractivity contribution in [3.05, 3.63) is 11.1 Å². The number of carbonyl (C=O) groups excluding carboxylic acids is 2. The van der Waals surface area contributed by atoms with Crippen LogP contribution in [0, 0.1) is 34.5 Å². The van der Waals surface area contributed by atoms with E-state index in [0.717, 1.165) is 37.5 Å². The zero-order chi connectivity index (χ0) is 19.6. The third kappa shape index (κ3) is 2.83. The van der Waals surface area contributed by atoms with Crippen LogP contribution >= 0.6 is 0 Å². The molecule has 0 aliphatic heterocycles. The Kier molecular flexibility index (Phi) is 4.59. The topological polar surface area (TPSA) is 43.4 Å². The summed E-state index contributed by atoms with van der Waals surface area (Å²) in [5.41, 5.74) is 3.62. The zero-order valence-corrected chi connectivity index (χ0v) is 17.8. The molecule has 0 aromatic carbocycles. The molecule has 0 amide bonds. The van der Waals surface area contributed by atoms with Crippen LogP contribution in [0.5, 0.6) is 0 Å². The molecule has 4 aliphatic rings. The van der Waals surface area contributed by atoms with E-state index >= 15 is 0 Å². The van der Waals surface area contributed by atoms with Crippen LogP contribution in [-0.2, 0) is 14.3 Å². The van der Waals surface area contributed by atoms with Gasteiger partial charge in [0.25, 0.3) is 0 Å². The van der Waals surface area contributed by atoms with E-state index in [0.29, 0.717) is 11.7 Å². The first kappa shape index (κ1) is 19.2. The van der Waals surface area contributed by atoms with Gasteiger partial charge in [-0.3, -0.25) is 9.59 Å². The Balaban J connectivity index is 1.64. The molecule has 3 fully saturated rings. The minimum absolute atomic E-state index is 0.0690. The predicted molar refractivity (Wildman–Crippen MR) is 106 cm³/mol. The number of hydrogen-bond acceptors (Lipinski definition) is 3. The average molecular weight is 373 g/mol. The number of esters is 1. The summed E-state index contributed by atoms with van der Waals surface area (Å²) in [6.07, 6.45) is 9.12. The normalized spacial score (nSPS) is 46.3. The number of hydrogen-bond donors (Lipinski definition) is 0. The zero-order valence-electron chi connectivity index (χ0n) is 17.8. The maximum atomic E-state index is 12.3. The third-order valence-electron chi connectivity index (χ3n) is 9.24. The molecule has 0 spiro atoms. The lowest BCUT2D eigenvalue weighted by Crippen LogP contribution is -2.51. The van der Waals surface area contributed by atoms with Crippen molar-refractivity contribution in [3.63, 3.8) is 0 Å². The highest BCUT2D eigenvalue weighted by Crippen LogP contribution is 2.67. The van der Waals surface area contributed by atoms with Crippen LogP contribution in [0.1, 0.15) is 86.0 Å². The van der Waals surface area contributed by atoms with Crippen molar-refractivity contribution in [2.75, 3.05) is 0 Å². The van der Waals surface area contributed by atoms with Gasteiger partial charge < -0.3 is 4.74 Å². The van der Waals surface area contributed by atoms with Gasteiger partial charge >= 0.3 is 5.97 Å². The Bertz CT molecular complexity index is 692. The highest BCUT2D eigenvalue weighted by Gasteiger charge is 2.60. The minimum Gasteiger partial charge on any atom is -0.462 e. The standard InChI is InChI=1S/C24H36O3/c1-14-12-18-20-7-6-19(15(2)25)23(20,4)11-9-21(18)24(5)10-8-17(13-22(14)24)27-16(3)26/h17-21H,6-13H2,1-5H3/t17?,18-,19+,20-,21-,23+,24+/m0/s1. The molecule has 0 saturated heterocycles. The van der Waals surface area contributed by atoms with Crippen molar-refractivity contribution in [1.29, 1.82) is 0 Å². The van der Waals surface area contributed by atoms with E-state index in [1.807, 2.05) is 6.92 Å². The van der Waals surface area contributed by atoms with Crippen LogP contribution in [0.4, 0.5) is 0 Å². The van der Waals surface area contributed by atoms with Gasteiger partial charge in [-0.15, -0.1) is 0 Å². The smallest absolute Gasteiger partial charge is 0.302 e. The van der Waals surface area contributed by atoms with Crippen molar-refractivity contribution >= 4 is 11.8 Å². The molecule has 0 radical (unpaired) electrons. The second-order valence-corrected chi connectivity index (χ2v) is 10.5. The average Bonchev–Trinajstić information content (AvgIpc) is 2.93. The third-order valence-corrected chi connectivity index (χ3v) is 9.24. The lowest BCUT2D eigenvalue weighted by Gasteiger charge is -2.59. The maximum absolute atomic E-state index is 12.3.